The van der Waals surface area contributed by atoms with Gasteiger partial charge in [-0.1, -0.05) is 30.3 Å². The molecule has 1 aromatic carbocycles. The summed E-state index contributed by atoms with van der Waals surface area (Å²) in [5.41, 5.74) is 5.95. The van der Waals surface area contributed by atoms with E-state index in [1.165, 1.54) is 0 Å². The Hall–Kier alpha value is -2.65. The van der Waals surface area contributed by atoms with Gasteiger partial charge in [0.25, 0.3) is 11.8 Å². The minimum Gasteiger partial charge on any atom is -0.466 e. The molecule has 2 aromatic rings. The number of aryl methyl sites for hydroxylation is 2. The number of hydrogen-bond donors (Lipinski definition) is 2. The first-order chi connectivity index (χ1) is 13.3. The molecule has 1 unspecified atom stereocenters. The van der Waals surface area contributed by atoms with Crippen molar-refractivity contribution in [2.45, 2.75) is 19.9 Å². The third-order valence-electron chi connectivity index (χ3n) is 4.69. The lowest BCUT2D eigenvalue weighted by Gasteiger charge is -2.33. The van der Waals surface area contributed by atoms with Gasteiger partial charge in [0, 0.05) is 13.1 Å². The van der Waals surface area contributed by atoms with Crippen molar-refractivity contribution >= 4 is 21.7 Å². The van der Waals surface area contributed by atoms with Crippen LogP contribution < -0.4 is 10.9 Å². The number of carbonyl (C=O) groups excluding carboxylic acids is 2. The summed E-state index contributed by atoms with van der Waals surface area (Å²) in [7, 11) is -3.07. The average Bonchev–Trinajstić information content (AvgIpc) is 3.00. The van der Waals surface area contributed by atoms with E-state index in [0.29, 0.717) is 17.1 Å². The summed E-state index contributed by atoms with van der Waals surface area (Å²) >= 11 is 0. The zero-order valence-corrected chi connectivity index (χ0v) is 16.6. The van der Waals surface area contributed by atoms with Gasteiger partial charge >= 0.3 is 0 Å². The monoisotopic (exact) mass is 405 g/mol. The fourth-order valence-corrected chi connectivity index (χ4v) is 4.49. The third kappa shape index (κ3) is 4.60. The minimum atomic E-state index is -3.07. The molecule has 1 saturated heterocycles. The smallest absolute Gasteiger partial charge is 0.273 e. The molecule has 0 spiro atoms. The number of sulfone groups is 1. The van der Waals surface area contributed by atoms with E-state index >= 15 is 0 Å². The highest BCUT2D eigenvalue weighted by atomic mass is 32.2. The van der Waals surface area contributed by atoms with E-state index in [9.17, 15) is 18.0 Å². The summed E-state index contributed by atoms with van der Waals surface area (Å²) in [6.45, 7) is 3.91. The van der Waals surface area contributed by atoms with E-state index in [-0.39, 0.29) is 24.6 Å². The molecule has 0 aliphatic carbocycles. The number of nitrogens with zero attached hydrogens (tertiary/aromatic N) is 1. The quantitative estimate of drug-likeness (QED) is 0.738. The van der Waals surface area contributed by atoms with Gasteiger partial charge in [-0.2, -0.15) is 0 Å². The van der Waals surface area contributed by atoms with Crippen LogP contribution in [0.25, 0.3) is 0 Å². The van der Waals surface area contributed by atoms with Crippen LogP contribution in [-0.4, -0.2) is 49.7 Å². The molecule has 150 valence electrons. The first kappa shape index (κ1) is 20.1. The van der Waals surface area contributed by atoms with Crippen LogP contribution in [0.2, 0.25) is 0 Å². The molecular formula is C19H23N3O5S. The number of benzene rings is 1. The summed E-state index contributed by atoms with van der Waals surface area (Å²) in [4.78, 5) is 27.0. The topological polar surface area (TPSA) is 109 Å². The van der Waals surface area contributed by atoms with Crippen molar-refractivity contribution in [2.75, 3.05) is 24.6 Å². The highest BCUT2D eigenvalue weighted by Gasteiger charge is 2.32. The number of hydrazine groups is 1. The lowest BCUT2D eigenvalue weighted by molar-refractivity contribution is -0.127. The zero-order valence-electron chi connectivity index (χ0n) is 15.8. The third-order valence-corrected chi connectivity index (χ3v) is 6.30. The van der Waals surface area contributed by atoms with Crippen LogP contribution in [0.3, 0.4) is 0 Å². The number of carbonyl (C=O) groups is 2. The molecule has 0 saturated carbocycles. The van der Waals surface area contributed by atoms with Crippen LogP contribution >= 0.6 is 0 Å². The highest BCUT2D eigenvalue weighted by Crippen LogP contribution is 2.23. The molecule has 0 radical (unpaired) electrons. The van der Waals surface area contributed by atoms with E-state index < -0.39 is 27.7 Å². The maximum absolute atomic E-state index is 12.9. The molecule has 9 heteroatoms. The molecule has 2 heterocycles. The predicted octanol–water partition coefficient (Wildman–Crippen LogP) is 1.13. The van der Waals surface area contributed by atoms with Crippen LogP contribution in [-0.2, 0) is 14.6 Å². The number of amides is 2. The minimum absolute atomic E-state index is 0.00344. The molecule has 1 aromatic heterocycles. The van der Waals surface area contributed by atoms with E-state index in [1.54, 1.807) is 32.0 Å². The van der Waals surface area contributed by atoms with Gasteiger partial charge in [-0.05, 0) is 25.5 Å². The van der Waals surface area contributed by atoms with Gasteiger partial charge in [0.15, 0.2) is 9.84 Å². The fraction of sp³-hybridized carbons (Fsp3) is 0.368. The number of nitrogens with one attached hydrogen (secondary N) is 2. The zero-order chi connectivity index (χ0) is 20.3. The van der Waals surface area contributed by atoms with Gasteiger partial charge in [0.1, 0.15) is 17.6 Å². The molecule has 8 nitrogen and oxygen atoms in total. The van der Waals surface area contributed by atoms with E-state index in [2.05, 4.69) is 10.9 Å². The Morgan fingerprint density at radius 1 is 1.07 bits per heavy atom. The maximum Gasteiger partial charge on any atom is 0.273 e. The van der Waals surface area contributed by atoms with E-state index in [1.807, 2.05) is 23.1 Å². The number of furan rings is 1. The van der Waals surface area contributed by atoms with E-state index in [4.69, 9.17) is 4.42 Å². The maximum atomic E-state index is 12.9. The summed E-state index contributed by atoms with van der Waals surface area (Å²) < 4.78 is 28.8. The van der Waals surface area contributed by atoms with E-state index in [0.717, 1.165) is 5.56 Å². The van der Waals surface area contributed by atoms with Crippen molar-refractivity contribution in [3.8, 4) is 0 Å². The largest absolute Gasteiger partial charge is 0.466 e. The van der Waals surface area contributed by atoms with Crippen LogP contribution in [0.5, 0.6) is 0 Å². The Bertz CT molecular complexity index is 955. The summed E-state index contributed by atoms with van der Waals surface area (Å²) in [5, 5.41) is 0. The van der Waals surface area contributed by atoms with Crippen LogP contribution in [0.1, 0.15) is 33.5 Å². The highest BCUT2D eigenvalue weighted by molar-refractivity contribution is 7.91. The standard InChI is InChI=1S/C19H23N3O5S/c1-13-12-16(14(2)27-13)18(23)20-21-19(24)17(15-6-4-3-5-7-15)22-8-10-28(25,26)11-9-22/h3-7,12,17H,8-11H2,1-2H3,(H,20,23)(H,21,24). The van der Waals surface area contributed by atoms with Crippen molar-refractivity contribution in [2.24, 2.45) is 0 Å². The lowest BCUT2D eigenvalue weighted by Crippen LogP contribution is -2.51. The Balaban J connectivity index is 1.74. The van der Waals surface area contributed by atoms with Crippen molar-refractivity contribution < 1.29 is 22.4 Å². The van der Waals surface area contributed by atoms with Crippen LogP contribution in [0.15, 0.2) is 40.8 Å². The summed E-state index contributed by atoms with van der Waals surface area (Å²) in [5.74, 6) is 0.163. The molecule has 0 bridgehead atoms. The average molecular weight is 405 g/mol. The van der Waals surface area contributed by atoms with Gasteiger partial charge in [-0.15, -0.1) is 0 Å². The van der Waals surface area contributed by atoms with Gasteiger partial charge in [0.05, 0.1) is 17.1 Å². The second-order valence-corrected chi connectivity index (χ2v) is 9.07. The van der Waals surface area contributed by atoms with Crippen LogP contribution in [0.4, 0.5) is 0 Å². The molecule has 3 rings (SSSR count). The lowest BCUT2D eigenvalue weighted by atomic mass is 10.0. The van der Waals surface area contributed by atoms with Crippen molar-refractivity contribution in [3.05, 3.63) is 59.0 Å². The molecule has 28 heavy (non-hydrogen) atoms. The van der Waals surface area contributed by atoms with Gasteiger partial charge in [0.2, 0.25) is 0 Å². The van der Waals surface area contributed by atoms with Crippen LogP contribution in [0, 0.1) is 13.8 Å². The number of hydrogen-bond acceptors (Lipinski definition) is 6. The van der Waals surface area contributed by atoms with Gasteiger partial charge in [-0.3, -0.25) is 25.3 Å². The summed E-state index contributed by atoms with van der Waals surface area (Å²) in [6.07, 6.45) is 0. The molecule has 2 amide bonds. The van der Waals surface area contributed by atoms with Gasteiger partial charge in [-0.25, -0.2) is 8.42 Å². The van der Waals surface area contributed by atoms with Crippen molar-refractivity contribution in [3.63, 3.8) is 0 Å². The number of rotatable bonds is 4. The molecular weight excluding hydrogens is 382 g/mol. The molecule has 1 aliphatic rings. The Kier molecular flexibility index (Phi) is 5.85. The molecule has 2 N–H and O–H groups in total. The Morgan fingerprint density at radius 3 is 2.29 bits per heavy atom. The normalized spacial score (nSPS) is 17.6. The SMILES string of the molecule is Cc1cc(C(=O)NNC(=O)C(c2ccccc2)N2CCS(=O)(=O)CC2)c(C)o1. The predicted molar refractivity (Wildman–Crippen MR) is 103 cm³/mol. The van der Waals surface area contributed by atoms with Gasteiger partial charge < -0.3 is 4.42 Å². The fourth-order valence-electron chi connectivity index (χ4n) is 3.26. The first-order valence-corrected chi connectivity index (χ1v) is 10.8. The van der Waals surface area contributed by atoms with Crippen molar-refractivity contribution in [1.29, 1.82) is 0 Å². The molecule has 1 fully saturated rings. The molecule has 1 atom stereocenters. The Labute approximate surface area is 163 Å². The first-order valence-electron chi connectivity index (χ1n) is 8.93. The molecule has 1 aliphatic heterocycles. The summed E-state index contributed by atoms with van der Waals surface area (Å²) in [6, 6.07) is 9.96. The van der Waals surface area contributed by atoms with Crippen molar-refractivity contribution in [1.82, 2.24) is 15.8 Å². The second-order valence-electron chi connectivity index (χ2n) is 6.77. The Morgan fingerprint density at radius 2 is 1.71 bits per heavy atom. The second kappa shape index (κ2) is 8.15.